The molecule has 3 aromatic rings. The predicted molar refractivity (Wildman–Crippen MR) is 142 cm³/mol. The number of anilines is 1. The molecule has 0 bridgehead atoms. The molecule has 2 heterocycles. The molecule has 3 rings (SSSR count). The number of nitrogens with zero attached hydrogens (tertiary/aromatic N) is 2. The van der Waals surface area contributed by atoms with E-state index in [0.29, 0.717) is 11.5 Å². The van der Waals surface area contributed by atoms with Crippen LogP contribution in [-0.2, 0) is 4.79 Å². The minimum Gasteiger partial charge on any atom is -0.493 e. The molecule has 0 radical (unpaired) electrons. The Morgan fingerprint density at radius 3 is 2.29 bits per heavy atom. The van der Waals surface area contributed by atoms with Crippen LogP contribution in [0.2, 0.25) is 0 Å². The Hall–Kier alpha value is -2.54. The number of hydrogen-bond acceptors (Lipinski definition) is 5. The van der Waals surface area contributed by atoms with Crippen molar-refractivity contribution in [1.29, 1.82) is 0 Å². The normalized spacial score (nSPS) is 12.6. The number of aromatic nitrogens is 2. The second-order valence-electron chi connectivity index (χ2n) is 11.6. The quantitative estimate of drug-likeness (QED) is 0.267. The third-order valence-electron chi connectivity index (χ3n) is 5.26. The van der Waals surface area contributed by atoms with Crippen LogP contribution in [0.15, 0.2) is 41.0 Å². The molecule has 1 aromatic carbocycles. The van der Waals surface area contributed by atoms with Crippen LogP contribution in [0.1, 0.15) is 61.8 Å². The molecule has 0 aliphatic rings. The molecule has 0 saturated carbocycles. The molecular formula is C27H36BrN3O3. The number of pyridine rings is 1. The van der Waals surface area contributed by atoms with Crippen LogP contribution in [0, 0.1) is 10.8 Å². The van der Waals surface area contributed by atoms with Crippen molar-refractivity contribution in [3.8, 4) is 22.8 Å². The fourth-order valence-corrected chi connectivity index (χ4v) is 4.52. The molecule has 0 fully saturated rings. The van der Waals surface area contributed by atoms with Gasteiger partial charge in [-0.15, -0.1) is 0 Å². The molecule has 0 amide bonds. The van der Waals surface area contributed by atoms with E-state index in [-0.39, 0.29) is 16.9 Å². The maximum Gasteiger partial charge on any atom is 0.316 e. The van der Waals surface area contributed by atoms with E-state index in [0.717, 1.165) is 33.6 Å². The van der Waals surface area contributed by atoms with E-state index in [1.54, 1.807) is 13.2 Å². The molecule has 0 aliphatic carbocycles. The number of imidazole rings is 1. The number of ether oxygens (including phenoxy) is 2. The number of fused-ring (bicyclic) bond motifs is 1. The second-order valence-corrected chi connectivity index (χ2v) is 12.6. The molecule has 7 heteroatoms. The summed E-state index contributed by atoms with van der Waals surface area (Å²) in [5.74, 6) is 1.45. The first-order valence-corrected chi connectivity index (χ1v) is 12.3. The van der Waals surface area contributed by atoms with E-state index in [1.165, 1.54) is 0 Å². The van der Waals surface area contributed by atoms with Gasteiger partial charge in [0.2, 0.25) is 0 Å². The Morgan fingerprint density at radius 1 is 1.03 bits per heavy atom. The first-order chi connectivity index (χ1) is 15.6. The van der Waals surface area contributed by atoms with Crippen LogP contribution >= 0.6 is 15.9 Å². The van der Waals surface area contributed by atoms with Crippen molar-refractivity contribution in [3.05, 3.63) is 41.0 Å². The number of carbonyl (C=O) groups is 1. The summed E-state index contributed by atoms with van der Waals surface area (Å²) in [7, 11) is 1.57. The highest BCUT2D eigenvalue weighted by molar-refractivity contribution is 9.10. The summed E-state index contributed by atoms with van der Waals surface area (Å²) in [6.45, 7) is 16.6. The van der Waals surface area contributed by atoms with E-state index in [4.69, 9.17) is 14.5 Å². The standard InChI is InChI=1S/C27H36BrN3O3/c1-25(2,3)16-27(7,8)30-23-22(29-21-13-11-18(28)15-31(21)23)17-10-12-19(20(14-17)33-9)34-24(32)26(4,5)6/h10-15,30H,16H2,1-9H3. The molecule has 184 valence electrons. The molecule has 0 atom stereocenters. The van der Waals surface area contributed by atoms with Gasteiger partial charge in [-0.3, -0.25) is 9.20 Å². The Balaban J connectivity index is 2.10. The topological polar surface area (TPSA) is 64.9 Å². The number of rotatable bonds is 6. The molecule has 0 saturated heterocycles. The largest absolute Gasteiger partial charge is 0.493 e. The lowest BCUT2D eigenvalue weighted by molar-refractivity contribution is -0.143. The minimum atomic E-state index is -0.617. The molecule has 34 heavy (non-hydrogen) atoms. The van der Waals surface area contributed by atoms with Crippen LogP contribution in [0.3, 0.4) is 0 Å². The number of carbonyl (C=O) groups excluding carboxylic acids is 1. The van der Waals surface area contributed by atoms with Gasteiger partial charge in [0, 0.05) is 21.8 Å². The summed E-state index contributed by atoms with van der Waals surface area (Å²) >= 11 is 3.59. The highest BCUT2D eigenvalue weighted by Crippen LogP contribution is 2.39. The van der Waals surface area contributed by atoms with Gasteiger partial charge in [-0.1, -0.05) is 20.8 Å². The van der Waals surface area contributed by atoms with Crippen molar-refractivity contribution >= 4 is 33.4 Å². The summed E-state index contributed by atoms with van der Waals surface area (Å²) in [5, 5.41) is 3.75. The zero-order valence-corrected chi connectivity index (χ0v) is 23.3. The summed E-state index contributed by atoms with van der Waals surface area (Å²) < 4.78 is 14.2. The fourth-order valence-electron chi connectivity index (χ4n) is 4.18. The monoisotopic (exact) mass is 529 g/mol. The van der Waals surface area contributed by atoms with Crippen molar-refractivity contribution in [1.82, 2.24) is 9.38 Å². The Labute approximate surface area is 211 Å². The SMILES string of the molecule is COc1cc(-c2nc3ccc(Br)cn3c2NC(C)(C)CC(C)(C)C)ccc1OC(=O)C(C)(C)C. The van der Waals surface area contributed by atoms with Gasteiger partial charge in [0.25, 0.3) is 0 Å². The molecule has 0 unspecified atom stereocenters. The van der Waals surface area contributed by atoms with Crippen LogP contribution in [0.5, 0.6) is 11.5 Å². The number of esters is 1. The summed E-state index contributed by atoms with van der Waals surface area (Å²) in [6.07, 6.45) is 2.98. The average molecular weight is 531 g/mol. The molecule has 0 spiro atoms. The van der Waals surface area contributed by atoms with Gasteiger partial charge < -0.3 is 14.8 Å². The van der Waals surface area contributed by atoms with Gasteiger partial charge in [-0.05, 0) is 92.7 Å². The third kappa shape index (κ3) is 6.12. The average Bonchev–Trinajstić information content (AvgIpc) is 3.02. The number of halogens is 1. The smallest absolute Gasteiger partial charge is 0.316 e. The van der Waals surface area contributed by atoms with Crippen LogP contribution in [0.25, 0.3) is 16.9 Å². The first-order valence-electron chi connectivity index (χ1n) is 11.5. The maximum atomic E-state index is 12.4. The Kier molecular flexibility index (Phi) is 7.09. The number of benzene rings is 1. The summed E-state index contributed by atoms with van der Waals surface area (Å²) in [5.41, 5.74) is 1.84. The first kappa shape index (κ1) is 26.1. The van der Waals surface area contributed by atoms with Crippen LogP contribution in [-0.4, -0.2) is 28.0 Å². The Morgan fingerprint density at radius 2 is 1.71 bits per heavy atom. The molecule has 6 nitrogen and oxygen atoms in total. The van der Waals surface area contributed by atoms with E-state index in [2.05, 4.69) is 60.3 Å². The highest BCUT2D eigenvalue weighted by atomic mass is 79.9. The molecule has 2 aromatic heterocycles. The lowest BCUT2D eigenvalue weighted by Crippen LogP contribution is -2.36. The van der Waals surface area contributed by atoms with Gasteiger partial charge in [0.05, 0.1) is 12.5 Å². The number of methoxy groups -OCH3 is 1. The van der Waals surface area contributed by atoms with Crippen LogP contribution in [0.4, 0.5) is 5.82 Å². The lowest BCUT2D eigenvalue weighted by atomic mass is 9.82. The molecule has 1 N–H and O–H groups in total. The van der Waals surface area contributed by atoms with E-state index >= 15 is 0 Å². The van der Waals surface area contributed by atoms with Gasteiger partial charge in [-0.25, -0.2) is 4.98 Å². The highest BCUT2D eigenvalue weighted by Gasteiger charge is 2.29. The van der Waals surface area contributed by atoms with Crippen molar-refractivity contribution in [2.24, 2.45) is 10.8 Å². The number of nitrogens with one attached hydrogen (secondary N) is 1. The second kappa shape index (κ2) is 9.25. The van der Waals surface area contributed by atoms with Crippen molar-refractivity contribution in [3.63, 3.8) is 0 Å². The number of hydrogen-bond donors (Lipinski definition) is 1. The maximum absolute atomic E-state index is 12.4. The summed E-state index contributed by atoms with van der Waals surface area (Å²) in [6, 6.07) is 9.50. The third-order valence-corrected chi connectivity index (χ3v) is 5.73. The van der Waals surface area contributed by atoms with E-state index in [9.17, 15) is 4.79 Å². The zero-order valence-electron chi connectivity index (χ0n) is 21.7. The zero-order chi connectivity index (χ0) is 25.5. The fraction of sp³-hybridized carbons (Fsp3) is 0.481. The van der Waals surface area contributed by atoms with E-state index < -0.39 is 5.41 Å². The minimum absolute atomic E-state index is 0.152. The van der Waals surface area contributed by atoms with Gasteiger partial charge >= 0.3 is 5.97 Å². The predicted octanol–water partition coefficient (Wildman–Crippen LogP) is 7.35. The molecule has 0 aliphatic heterocycles. The van der Waals surface area contributed by atoms with Gasteiger partial charge in [0.1, 0.15) is 17.2 Å². The Bertz CT molecular complexity index is 1200. The van der Waals surface area contributed by atoms with Gasteiger partial charge in [0.15, 0.2) is 11.5 Å². The van der Waals surface area contributed by atoms with Crippen molar-refractivity contribution in [2.75, 3.05) is 12.4 Å². The molecular weight excluding hydrogens is 494 g/mol. The van der Waals surface area contributed by atoms with Crippen LogP contribution < -0.4 is 14.8 Å². The van der Waals surface area contributed by atoms with Crippen molar-refractivity contribution < 1.29 is 14.3 Å². The lowest BCUT2D eigenvalue weighted by Gasteiger charge is -2.34. The van der Waals surface area contributed by atoms with E-state index in [1.807, 2.05) is 51.2 Å². The summed E-state index contributed by atoms with van der Waals surface area (Å²) in [4.78, 5) is 17.3. The van der Waals surface area contributed by atoms with Crippen molar-refractivity contribution in [2.45, 2.75) is 67.3 Å². The van der Waals surface area contributed by atoms with Gasteiger partial charge in [-0.2, -0.15) is 0 Å².